The van der Waals surface area contributed by atoms with E-state index in [0.717, 1.165) is 51.3 Å². The number of carbonyl (C=O) groups excluding carboxylic acids is 3. The molecule has 0 bridgehead atoms. The van der Waals surface area contributed by atoms with E-state index in [-0.39, 0.29) is 31.1 Å². The lowest BCUT2D eigenvalue weighted by Crippen LogP contribution is -2.57. The molecule has 1 aliphatic rings. The number of rotatable bonds is 13. The number of nitrogens with one attached hydrogen (secondary N) is 4. The van der Waals surface area contributed by atoms with E-state index in [4.69, 9.17) is 0 Å². The van der Waals surface area contributed by atoms with Crippen LogP contribution in [0.5, 0.6) is 0 Å². The van der Waals surface area contributed by atoms with Crippen LogP contribution in [-0.4, -0.2) is 60.0 Å². The highest BCUT2D eigenvalue weighted by Crippen LogP contribution is 2.20. The highest BCUT2D eigenvalue weighted by Gasteiger charge is 2.32. The maximum Gasteiger partial charge on any atom is 0.326 e. The molecule has 1 fully saturated rings. The average molecular weight is 671 g/mol. The molecule has 0 radical (unpaired) electrons. The van der Waals surface area contributed by atoms with E-state index in [0.29, 0.717) is 12.8 Å². The van der Waals surface area contributed by atoms with E-state index in [1.165, 1.54) is 0 Å². The molecular weight excluding hydrogens is 628 g/mol. The number of benzene rings is 5. The van der Waals surface area contributed by atoms with E-state index >= 15 is 0 Å². The summed E-state index contributed by atoms with van der Waals surface area (Å²) in [6, 6.07) is 33.3. The summed E-state index contributed by atoms with van der Waals surface area (Å²) < 4.78 is 0. The van der Waals surface area contributed by atoms with Crippen molar-refractivity contribution >= 4 is 45.2 Å². The number of amides is 3. The smallest absolute Gasteiger partial charge is 0.326 e. The Morgan fingerprint density at radius 3 is 1.56 bits per heavy atom. The van der Waals surface area contributed by atoms with Gasteiger partial charge in [0.2, 0.25) is 17.7 Å². The summed E-state index contributed by atoms with van der Waals surface area (Å²) in [5.41, 5.74) is 2.41. The van der Waals surface area contributed by atoms with Crippen molar-refractivity contribution in [2.24, 2.45) is 5.92 Å². The second-order valence-electron chi connectivity index (χ2n) is 13.0. The molecule has 5 N–H and O–H groups in total. The predicted molar refractivity (Wildman–Crippen MR) is 194 cm³/mol. The molecule has 1 aliphatic heterocycles. The van der Waals surface area contributed by atoms with E-state index in [1.807, 2.05) is 103 Å². The van der Waals surface area contributed by atoms with Crippen LogP contribution in [0.15, 0.2) is 115 Å². The molecule has 1 heterocycles. The van der Waals surface area contributed by atoms with E-state index in [2.05, 4.69) is 21.3 Å². The molecule has 0 aliphatic carbocycles. The van der Waals surface area contributed by atoms with Gasteiger partial charge in [0.15, 0.2) is 0 Å². The van der Waals surface area contributed by atoms with Gasteiger partial charge in [0, 0.05) is 25.2 Å². The third kappa shape index (κ3) is 8.92. The molecule has 6 rings (SSSR count). The molecule has 9 nitrogen and oxygen atoms in total. The highest BCUT2D eigenvalue weighted by molar-refractivity contribution is 5.94. The van der Waals surface area contributed by atoms with Crippen molar-refractivity contribution in [3.8, 4) is 0 Å². The Kier molecular flexibility index (Phi) is 11.1. The fourth-order valence-corrected chi connectivity index (χ4v) is 6.59. The van der Waals surface area contributed by atoms with Crippen LogP contribution in [0.1, 0.15) is 29.5 Å². The normalized spacial score (nSPS) is 15.1. The van der Waals surface area contributed by atoms with Gasteiger partial charge in [-0.05, 0) is 64.2 Å². The van der Waals surface area contributed by atoms with Crippen LogP contribution in [-0.2, 0) is 38.4 Å². The van der Waals surface area contributed by atoms with Gasteiger partial charge in [-0.3, -0.25) is 14.4 Å². The number of fused-ring (bicyclic) bond motifs is 2. The lowest BCUT2D eigenvalue weighted by atomic mass is 9.95. The molecule has 0 spiro atoms. The van der Waals surface area contributed by atoms with Crippen LogP contribution < -0.4 is 21.3 Å². The molecule has 0 aromatic heterocycles. The van der Waals surface area contributed by atoms with Crippen molar-refractivity contribution in [1.29, 1.82) is 0 Å². The zero-order valence-corrected chi connectivity index (χ0v) is 27.8. The summed E-state index contributed by atoms with van der Waals surface area (Å²) in [6.45, 7) is 1.45. The summed E-state index contributed by atoms with van der Waals surface area (Å²) in [4.78, 5) is 54.0. The zero-order valence-electron chi connectivity index (χ0n) is 27.8. The molecule has 9 heteroatoms. The Hall–Kier alpha value is -5.54. The highest BCUT2D eigenvalue weighted by atomic mass is 16.4. The lowest BCUT2D eigenvalue weighted by Gasteiger charge is -2.27. The third-order valence-corrected chi connectivity index (χ3v) is 9.38. The van der Waals surface area contributed by atoms with Crippen LogP contribution in [0.25, 0.3) is 21.5 Å². The topological polar surface area (TPSA) is 137 Å². The molecule has 3 amide bonds. The van der Waals surface area contributed by atoms with E-state index < -0.39 is 35.9 Å². The number of hydrogen-bond acceptors (Lipinski definition) is 5. The Morgan fingerprint density at radius 1 is 0.560 bits per heavy atom. The maximum atomic E-state index is 14.2. The number of carbonyl (C=O) groups is 4. The molecule has 256 valence electrons. The molecule has 1 saturated heterocycles. The van der Waals surface area contributed by atoms with Crippen LogP contribution >= 0.6 is 0 Å². The van der Waals surface area contributed by atoms with Gasteiger partial charge < -0.3 is 26.4 Å². The Morgan fingerprint density at radius 2 is 1.02 bits per heavy atom. The zero-order chi connectivity index (χ0) is 34.9. The van der Waals surface area contributed by atoms with Gasteiger partial charge in [-0.15, -0.1) is 0 Å². The van der Waals surface area contributed by atoms with Crippen LogP contribution in [0.4, 0.5) is 0 Å². The van der Waals surface area contributed by atoms with E-state index in [1.54, 1.807) is 12.1 Å². The Bertz CT molecular complexity index is 1970. The van der Waals surface area contributed by atoms with Crippen LogP contribution in [0.3, 0.4) is 0 Å². The van der Waals surface area contributed by atoms with Gasteiger partial charge in [0.05, 0.1) is 0 Å². The van der Waals surface area contributed by atoms with E-state index in [9.17, 15) is 24.3 Å². The number of hydrogen-bond donors (Lipinski definition) is 5. The summed E-state index contributed by atoms with van der Waals surface area (Å²) >= 11 is 0. The van der Waals surface area contributed by atoms with Gasteiger partial charge in [-0.2, -0.15) is 0 Å². The molecule has 5 aromatic carbocycles. The quantitative estimate of drug-likeness (QED) is 0.125. The van der Waals surface area contributed by atoms with Crippen molar-refractivity contribution in [2.45, 2.75) is 50.2 Å². The second-order valence-corrected chi connectivity index (χ2v) is 13.0. The molecule has 50 heavy (non-hydrogen) atoms. The van der Waals surface area contributed by atoms with Crippen molar-refractivity contribution in [2.75, 3.05) is 13.1 Å². The van der Waals surface area contributed by atoms with Crippen LogP contribution in [0, 0.1) is 5.92 Å². The number of aliphatic carboxylic acids is 1. The molecule has 3 unspecified atom stereocenters. The number of piperidine rings is 1. The first-order valence-electron chi connectivity index (χ1n) is 17.2. The largest absolute Gasteiger partial charge is 0.480 e. The second kappa shape index (κ2) is 16.2. The first-order chi connectivity index (χ1) is 24.3. The standard InChI is InChI=1S/C41H42N4O5/c46-38(32-18-20-42-21-19-32)43-35(25-28-14-16-30-10-4-6-12-33(30)22-28)39(47)44-36(26-29-15-17-31-11-5-7-13-34(31)23-29)40(48)45-37(41(49)50)24-27-8-2-1-3-9-27/h1-17,22-23,32,35-37,42H,18-21,24-26H2,(H,43,46)(H,44,47)(H,45,48)(H,49,50). The summed E-state index contributed by atoms with van der Waals surface area (Å²) in [6.07, 6.45) is 1.74. The minimum atomic E-state index is -1.21. The molecular formula is C41H42N4O5. The Labute approximate surface area is 291 Å². The fraction of sp³-hybridized carbons (Fsp3) is 0.268. The first kappa shape index (κ1) is 34.3. The monoisotopic (exact) mass is 670 g/mol. The molecule has 0 saturated carbocycles. The maximum absolute atomic E-state index is 14.2. The SMILES string of the molecule is O=C(NC(Cc1ccc2ccccc2c1)C(=O)NC(Cc1ccc2ccccc2c1)C(=O)NC(Cc1ccccc1)C(=O)O)C1CCNCC1. The number of carboxylic acids is 1. The van der Waals surface area contributed by atoms with Gasteiger partial charge in [0.1, 0.15) is 18.1 Å². The summed E-state index contributed by atoms with van der Waals surface area (Å²) in [7, 11) is 0. The van der Waals surface area contributed by atoms with Crippen molar-refractivity contribution < 1.29 is 24.3 Å². The van der Waals surface area contributed by atoms with Crippen molar-refractivity contribution in [3.05, 3.63) is 132 Å². The summed E-state index contributed by atoms with van der Waals surface area (Å²) in [5, 5.41) is 26.0. The third-order valence-electron chi connectivity index (χ3n) is 9.38. The van der Waals surface area contributed by atoms with Crippen molar-refractivity contribution in [3.63, 3.8) is 0 Å². The fourth-order valence-electron chi connectivity index (χ4n) is 6.59. The predicted octanol–water partition coefficient (Wildman–Crippen LogP) is 4.56. The van der Waals surface area contributed by atoms with Crippen molar-refractivity contribution in [1.82, 2.24) is 21.3 Å². The Balaban J connectivity index is 1.27. The molecule has 5 aromatic rings. The first-order valence-corrected chi connectivity index (χ1v) is 17.2. The lowest BCUT2D eigenvalue weighted by molar-refractivity contribution is -0.142. The molecule has 3 atom stereocenters. The summed E-state index contributed by atoms with van der Waals surface area (Å²) in [5.74, 6) is -2.74. The minimum absolute atomic E-state index is 0.0788. The van der Waals surface area contributed by atoms with Crippen LogP contribution in [0.2, 0.25) is 0 Å². The average Bonchev–Trinajstić information content (AvgIpc) is 3.14. The number of carboxylic acid groups (broad SMARTS) is 1. The minimum Gasteiger partial charge on any atom is -0.480 e. The van der Waals surface area contributed by atoms with Gasteiger partial charge in [0.25, 0.3) is 0 Å². The van der Waals surface area contributed by atoms with Gasteiger partial charge in [-0.1, -0.05) is 115 Å². The van der Waals surface area contributed by atoms with Gasteiger partial charge in [-0.25, -0.2) is 4.79 Å². The van der Waals surface area contributed by atoms with Gasteiger partial charge >= 0.3 is 5.97 Å².